The maximum absolute atomic E-state index is 13.3. The van der Waals surface area contributed by atoms with Gasteiger partial charge in [-0.1, -0.05) is 48.0 Å². The average Bonchev–Trinajstić information content (AvgIpc) is 2.81. The Labute approximate surface area is 199 Å². The fourth-order valence-corrected chi connectivity index (χ4v) is 4.81. The number of hydrogen-bond acceptors (Lipinski definition) is 3. The van der Waals surface area contributed by atoms with Crippen LogP contribution in [-0.4, -0.2) is 22.8 Å². The summed E-state index contributed by atoms with van der Waals surface area (Å²) in [6, 6.07) is 24.8. The minimum atomic E-state index is -0.864. The summed E-state index contributed by atoms with van der Waals surface area (Å²) < 4.78 is 5.85. The lowest BCUT2D eigenvalue weighted by Gasteiger charge is -2.45. The average molecular weight is 465 g/mol. The second-order valence-electron chi connectivity index (χ2n) is 7.90. The van der Waals surface area contributed by atoms with E-state index in [1.54, 1.807) is 0 Å². The zero-order valence-corrected chi connectivity index (χ0v) is 19.5. The van der Waals surface area contributed by atoms with Gasteiger partial charge in [0.1, 0.15) is 17.0 Å². The van der Waals surface area contributed by atoms with E-state index in [1.807, 2.05) is 90.8 Å². The van der Waals surface area contributed by atoms with Crippen LogP contribution >= 0.6 is 23.8 Å². The van der Waals surface area contributed by atoms with Crippen LogP contribution in [0.15, 0.2) is 78.9 Å². The highest BCUT2D eigenvalue weighted by atomic mass is 35.5. The summed E-state index contributed by atoms with van der Waals surface area (Å²) in [4.78, 5) is 15.2. The summed E-state index contributed by atoms with van der Waals surface area (Å²) in [5, 5.41) is 4.32. The van der Waals surface area contributed by atoms with Gasteiger partial charge in [-0.2, -0.15) is 0 Å². The number of benzene rings is 3. The normalized spacial score (nSPS) is 18.1. The topological polar surface area (TPSA) is 41.6 Å². The SMILES string of the molecule is CN(C(=S)Nc1ccc(Oc2ccccc2)cc1)C1(c2ccccc2Cl)CCCCC1=O. The van der Waals surface area contributed by atoms with Crippen molar-refractivity contribution in [1.29, 1.82) is 0 Å². The Bertz CT molecular complexity index is 1100. The molecule has 0 aromatic heterocycles. The molecule has 32 heavy (non-hydrogen) atoms. The number of halogens is 1. The van der Waals surface area contributed by atoms with Crippen LogP contribution < -0.4 is 10.1 Å². The summed E-state index contributed by atoms with van der Waals surface area (Å²) in [5.41, 5.74) is 0.765. The number of nitrogens with zero attached hydrogens (tertiary/aromatic N) is 1. The molecule has 4 nitrogen and oxygen atoms in total. The van der Waals surface area contributed by atoms with E-state index in [9.17, 15) is 4.79 Å². The van der Waals surface area contributed by atoms with Crippen molar-refractivity contribution in [3.8, 4) is 11.5 Å². The zero-order valence-electron chi connectivity index (χ0n) is 17.9. The molecule has 6 heteroatoms. The van der Waals surface area contributed by atoms with Gasteiger partial charge in [-0.05, 0) is 73.9 Å². The van der Waals surface area contributed by atoms with Gasteiger partial charge in [0.15, 0.2) is 10.9 Å². The minimum absolute atomic E-state index is 0.148. The van der Waals surface area contributed by atoms with Crippen molar-refractivity contribution < 1.29 is 9.53 Å². The number of hydrogen-bond donors (Lipinski definition) is 1. The Hall–Kier alpha value is -2.89. The van der Waals surface area contributed by atoms with Gasteiger partial charge in [-0.25, -0.2) is 0 Å². The van der Waals surface area contributed by atoms with E-state index in [4.69, 9.17) is 28.6 Å². The van der Waals surface area contributed by atoms with Crippen molar-refractivity contribution in [2.45, 2.75) is 31.2 Å². The number of thiocarbonyl (C=S) groups is 1. The number of Topliss-reactive ketones (excluding diaryl/α,β-unsaturated/α-hetero) is 1. The highest BCUT2D eigenvalue weighted by Crippen LogP contribution is 2.42. The predicted octanol–water partition coefficient (Wildman–Crippen LogP) is 6.80. The molecule has 0 heterocycles. The molecule has 0 amide bonds. The number of ketones is 1. The molecule has 1 N–H and O–H groups in total. The van der Waals surface area contributed by atoms with E-state index in [1.165, 1.54) is 0 Å². The predicted molar refractivity (Wildman–Crippen MR) is 134 cm³/mol. The van der Waals surface area contributed by atoms with E-state index < -0.39 is 5.54 Å². The number of anilines is 1. The van der Waals surface area contributed by atoms with E-state index in [2.05, 4.69) is 5.32 Å². The zero-order chi connectivity index (χ0) is 22.6. The highest BCUT2D eigenvalue weighted by Gasteiger charge is 2.47. The minimum Gasteiger partial charge on any atom is -0.457 e. The third kappa shape index (κ3) is 4.50. The number of ether oxygens (including phenoxy) is 1. The molecule has 0 radical (unpaired) electrons. The van der Waals surface area contributed by atoms with E-state index in [-0.39, 0.29) is 5.78 Å². The maximum atomic E-state index is 13.3. The van der Waals surface area contributed by atoms with Crippen molar-refractivity contribution in [3.63, 3.8) is 0 Å². The third-order valence-corrected chi connectivity index (χ3v) is 6.64. The van der Waals surface area contributed by atoms with Crippen LogP contribution in [0, 0.1) is 0 Å². The number of carbonyl (C=O) groups is 1. The highest BCUT2D eigenvalue weighted by molar-refractivity contribution is 7.80. The van der Waals surface area contributed by atoms with Gasteiger partial charge in [-0.15, -0.1) is 0 Å². The van der Waals surface area contributed by atoms with Crippen LogP contribution in [0.25, 0.3) is 0 Å². The molecule has 4 rings (SSSR count). The number of nitrogens with one attached hydrogen (secondary N) is 1. The molecule has 3 aromatic carbocycles. The van der Waals surface area contributed by atoms with Crippen LogP contribution in [0.5, 0.6) is 11.5 Å². The van der Waals surface area contributed by atoms with Crippen LogP contribution in [-0.2, 0) is 10.3 Å². The first kappa shape index (κ1) is 22.3. The standard InChI is InChI=1S/C26H25ClN2O2S/c1-29(26(18-8-7-13-24(26)30)22-11-5-6-12-23(22)27)25(32)28-19-14-16-21(17-15-19)31-20-9-3-2-4-10-20/h2-6,9-12,14-17H,7-8,13,18H2,1H3,(H,28,32). The molecule has 1 aliphatic carbocycles. The first-order chi connectivity index (χ1) is 15.5. The Balaban J connectivity index is 1.54. The van der Waals surface area contributed by atoms with Gasteiger partial charge < -0.3 is 15.0 Å². The van der Waals surface area contributed by atoms with Crippen LogP contribution in [0.4, 0.5) is 5.69 Å². The summed E-state index contributed by atoms with van der Waals surface area (Å²) in [6.45, 7) is 0. The third-order valence-electron chi connectivity index (χ3n) is 5.93. The lowest BCUT2D eigenvalue weighted by Crippen LogP contribution is -2.55. The molecule has 1 atom stereocenters. The Morgan fingerprint density at radius 2 is 1.62 bits per heavy atom. The van der Waals surface area contributed by atoms with Crippen LogP contribution in [0.3, 0.4) is 0 Å². The van der Waals surface area contributed by atoms with E-state index >= 15 is 0 Å². The van der Waals surface area contributed by atoms with Crippen molar-refractivity contribution in [2.24, 2.45) is 0 Å². The summed E-state index contributed by atoms with van der Waals surface area (Å²) in [5.74, 6) is 1.66. The molecule has 1 aliphatic rings. The van der Waals surface area contributed by atoms with Gasteiger partial charge in [-0.3, -0.25) is 4.79 Å². The molecule has 0 spiro atoms. The van der Waals surface area contributed by atoms with Crippen molar-refractivity contribution in [3.05, 3.63) is 89.4 Å². The van der Waals surface area contributed by atoms with Gasteiger partial charge in [0.25, 0.3) is 0 Å². The summed E-state index contributed by atoms with van der Waals surface area (Å²) in [6.07, 6.45) is 3.03. The van der Waals surface area contributed by atoms with E-state index in [0.29, 0.717) is 23.0 Å². The largest absolute Gasteiger partial charge is 0.457 e. The second-order valence-corrected chi connectivity index (χ2v) is 8.69. The number of para-hydroxylation sites is 1. The van der Waals surface area contributed by atoms with Gasteiger partial charge in [0, 0.05) is 29.7 Å². The smallest absolute Gasteiger partial charge is 0.174 e. The fraction of sp³-hybridized carbons (Fsp3) is 0.231. The Morgan fingerprint density at radius 1 is 0.969 bits per heavy atom. The lowest BCUT2D eigenvalue weighted by molar-refractivity contribution is -0.131. The van der Waals surface area contributed by atoms with Gasteiger partial charge in [0.05, 0.1) is 0 Å². The Kier molecular flexibility index (Phi) is 6.77. The Morgan fingerprint density at radius 3 is 2.31 bits per heavy atom. The van der Waals surface area contributed by atoms with Gasteiger partial charge >= 0.3 is 0 Å². The monoisotopic (exact) mass is 464 g/mol. The van der Waals surface area contributed by atoms with Crippen molar-refractivity contribution >= 4 is 40.4 Å². The molecule has 1 saturated carbocycles. The molecule has 1 unspecified atom stereocenters. The number of carbonyl (C=O) groups excluding carboxylic acids is 1. The molecule has 0 saturated heterocycles. The lowest BCUT2D eigenvalue weighted by atomic mass is 9.74. The first-order valence-electron chi connectivity index (χ1n) is 10.7. The molecule has 0 aliphatic heterocycles. The molecule has 164 valence electrons. The molecule has 1 fully saturated rings. The number of likely N-dealkylation sites (N-methyl/N-ethyl adjacent to an activating group) is 1. The second kappa shape index (κ2) is 9.72. The van der Waals surface area contributed by atoms with Crippen LogP contribution in [0.2, 0.25) is 5.02 Å². The molecular formula is C26H25ClN2O2S. The summed E-state index contributed by atoms with van der Waals surface area (Å²) in [7, 11) is 1.87. The first-order valence-corrected chi connectivity index (χ1v) is 11.5. The van der Waals surface area contributed by atoms with Crippen LogP contribution in [0.1, 0.15) is 31.2 Å². The quantitative estimate of drug-likeness (QED) is 0.420. The van der Waals surface area contributed by atoms with Crippen molar-refractivity contribution in [1.82, 2.24) is 4.90 Å². The fourth-order valence-electron chi connectivity index (χ4n) is 4.24. The maximum Gasteiger partial charge on any atom is 0.174 e. The number of rotatable bonds is 5. The molecular weight excluding hydrogens is 440 g/mol. The van der Waals surface area contributed by atoms with E-state index in [0.717, 1.165) is 35.6 Å². The summed E-state index contributed by atoms with van der Waals surface area (Å²) >= 11 is 12.3. The molecule has 0 bridgehead atoms. The molecule has 3 aromatic rings. The van der Waals surface area contributed by atoms with Gasteiger partial charge in [0.2, 0.25) is 0 Å². The van der Waals surface area contributed by atoms with Crippen molar-refractivity contribution in [2.75, 3.05) is 12.4 Å².